The van der Waals surface area contributed by atoms with Gasteiger partial charge in [0.1, 0.15) is 0 Å². The van der Waals surface area contributed by atoms with Gasteiger partial charge >= 0.3 is 0 Å². The van der Waals surface area contributed by atoms with Crippen molar-refractivity contribution in [1.29, 1.82) is 0 Å². The first-order valence-corrected chi connectivity index (χ1v) is 10.9. The van der Waals surface area contributed by atoms with Crippen LogP contribution in [0.15, 0.2) is 24.3 Å². The van der Waals surface area contributed by atoms with Crippen molar-refractivity contribution < 1.29 is 17.9 Å². The first-order chi connectivity index (χ1) is 12.3. The Balaban J connectivity index is 2.21. The molecule has 146 valence electrons. The molecule has 1 aliphatic heterocycles. The van der Waals surface area contributed by atoms with Crippen molar-refractivity contribution in [3.8, 4) is 0 Å². The fourth-order valence-corrected chi connectivity index (χ4v) is 3.80. The predicted octanol–water partition coefficient (Wildman–Crippen LogP) is 1.59. The zero-order chi connectivity index (χ0) is 19.2. The number of anilines is 2. The third-order valence-corrected chi connectivity index (χ3v) is 5.64. The SMILES string of the molecule is CCC(C)NC(=O)CCN(c1ccccc1N1CCOCC1)S(C)(=O)=O. The topological polar surface area (TPSA) is 79.0 Å². The van der Waals surface area contributed by atoms with Gasteiger partial charge in [-0.25, -0.2) is 8.42 Å². The van der Waals surface area contributed by atoms with Crippen LogP contribution in [0.1, 0.15) is 26.7 Å². The molecule has 2 rings (SSSR count). The van der Waals surface area contributed by atoms with Gasteiger partial charge in [-0.05, 0) is 25.5 Å². The fourth-order valence-electron chi connectivity index (χ4n) is 2.86. The van der Waals surface area contributed by atoms with Gasteiger partial charge in [-0.2, -0.15) is 0 Å². The molecule has 1 N–H and O–H groups in total. The number of nitrogens with zero attached hydrogens (tertiary/aromatic N) is 2. The Labute approximate surface area is 156 Å². The van der Waals surface area contributed by atoms with Crippen LogP contribution in [0.5, 0.6) is 0 Å². The van der Waals surface area contributed by atoms with Crippen LogP contribution < -0.4 is 14.5 Å². The quantitative estimate of drug-likeness (QED) is 0.738. The molecular formula is C18H29N3O4S. The van der Waals surface area contributed by atoms with Crippen molar-refractivity contribution in [1.82, 2.24) is 5.32 Å². The molecule has 7 nitrogen and oxygen atoms in total. The summed E-state index contributed by atoms with van der Waals surface area (Å²) in [5, 5.41) is 2.88. The van der Waals surface area contributed by atoms with Gasteiger partial charge in [0.25, 0.3) is 0 Å². The van der Waals surface area contributed by atoms with E-state index in [1.54, 1.807) is 6.07 Å². The number of amides is 1. The van der Waals surface area contributed by atoms with E-state index in [1.165, 1.54) is 10.6 Å². The van der Waals surface area contributed by atoms with Crippen molar-refractivity contribution >= 4 is 27.3 Å². The Bertz CT molecular complexity index is 702. The van der Waals surface area contributed by atoms with Crippen molar-refractivity contribution in [2.75, 3.05) is 48.3 Å². The van der Waals surface area contributed by atoms with Crippen molar-refractivity contribution in [3.05, 3.63) is 24.3 Å². The molecule has 1 aromatic rings. The van der Waals surface area contributed by atoms with Crippen LogP contribution in [0.4, 0.5) is 11.4 Å². The van der Waals surface area contributed by atoms with E-state index in [1.807, 2.05) is 32.0 Å². The van der Waals surface area contributed by atoms with E-state index in [2.05, 4.69) is 10.2 Å². The Morgan fingerprint density at radius 2 is 1.96 bits per heavy atom. The molecule has 1 amide bonds. The van der Waals surface area contributed by atoms with Crippen LogP contribution in [0.25, 0.3) is 0 Å². The second kappa shape index (κ2) is 9.23. The van der Waals surface area contributed by atoms with E-state index in [4.69, 9.17) is 4.74 Å². The Kier molecular flexibility index (Phi) is 7.28. The van der Waals surface area contributed by atoms with E-state index in [0.717, 1.165) is 12.1 Å². The van der Waals surface area contributed by atoms with Gasteiger partial charge in [-0.1, -0.05) is 19.1 Å². The second-order valence-corrected chi connectivity index (χ2v) is 8.46. The highest BCUT2D eigenvalue weighted by Crippen LogP contribution is 2.31. The largest absolute Gasteiger partial charge is 0.378 e. The summed E-state index contributed by atoms with van der Waals surface area (Å²) in [6, 6.07) is 7.49. The fraction of sp³-hybridized carbons (Fsp3) is 0.611. The van der Waals surface area contributed by atoms with Crippen LogP contribution in [0.3, 0.4) is 0 Å². The summed E-state index contributed by atoms with van der Waals surface area (Å²) in [6.45, 7) is 6.69. The summed E-state index contributed by atoms with van der Waals surface area (Å²) in [6.07, 6.45) is 2.13. The maximum Gasteiger partial charge on any atom is 0.232 e. The maximum atomic E-state index is 12.4. The van der Waals surface area contributed by atoms with Crippen LogP contribution in [0.2, 0.25) is 0 Å². The summed E-state index contributed by atoms with van der Waals surface area (Å²) in [5.74, 6) is -0.142. The van der Waals surface area contributed by atoms with Gasteiger partial charge in [0.05, 0.1) is 30.8 Å². The second-order valence-electron chi connectivity index (χ2n) is 6.55. The van der Waals surface area contributed by atoms with Gasteiger partial charge in [-0.3, -0.25) is 9.10 Å². The first-order valence-electron chi connectivity index (χ1n) is 9.01. The number of benzene rings is 1. The van der Waals surface area contributed by atoms with Crippen LogP contribution >= 0.6 is 0 Å². The number of para-hydroxylation sites is 2. The Morgan fingerprint density at radius 1 is 1.31 bits per heavy atom. The van der Waals surface area contributed by atoms with Gasteiger partial charge in [0.2, 0.25) is 15.9 Å². The van der Waals surface area contributed by atoms with E-state index in [-0.39, 0.29) is 24.9 Å². The molecule has 1 unspecified atom stereocenters. The molecule has 0 saturated carbocycles. The summed E-state index contributed by atoms with van der Waals surface area (Å²) >= 11 is 0. The average Bonchev–Trinajstić information content (AvgIpc) is 2.61. The number of rotatable bonds is 8. The van der Waals surface area contributed by atoms with Crippen LogP contribution in [-0.2, 0) is 19.6 Å². The molecule has 1 fully saturated rings. The third kappa shape index (κ3) is 5.60. The van der Waals surface area contributed by atoms with Gasteiger partial charge in [0.15, 0.2) is 0 Å². The zero-order valence-corrected chi connectivity index (χ0v) is 16.6. The summed E-state index contributed by atoms with van der Waals surface area (Å²) in [7, 11) is -3.51. The lowest BCUT2D eigenvalue weighted by molar-refractivity contribution is -0.121. The normalized spacial score (nSPS) is 16.2. The molecule has 0 spiro atoms. The molecule has 1 aliphatic rings. The number of morpholine rings is 1. The maximum absolute atomic E-state index is 12.4. The van der Waals surface area contributed by atoms with Crippen LogP contribution in [0, 0.1) is 0 Å². The lowest BCUT2D eigenvalue weighted by Gasteiger charge is -2.33. The molecule has 1 atom stereocenters. The number of carbonyl (C=O) groups is 1. The summed E-state index contributed by atoms with van der Waals surface area (Å²) in [5.41, 5.74) is 1.46. The summed E-state index contributed by atoms with van der Waals surface area (Å²) in [4.78, 5) is 14.2. The van der Waals surface area contributed by atoms with Crippen LogP contribution in [-0.4, -0.2) is 59.5 Å². The molecule has 0 aromatic heterocycles. The van der Waals surface area contributed by atoms with Crippen molar-refractivity contribution in [3.63, 3.8) is 0 Å². The Hall–Kier alpha value is -1.80. The molecule has 1 aromatic carbocycles. The molecule has 8 heteroatoms. The van der Waals surface area contributed by atoms with E-state index in [9.17, 15) is 13.2 Å². The van der Waals surface area contributed by atoms with E-state index < -0.39 is 10.0 Å². The van der Waals surface area contributed by atoms with E-state index in [0.29, 0.717) is 32.0 Å². The highest BCUT2D eigenvalue weighted by molar-refractivity contribution is 7.92. The number of ether oxygens (including phenoxy) is 1. The summed E-state index contributed by atoms with van der Waals surface area (Å²) < 4.78 is 31.5. The van der Waals surface area contributed by atoms with E-state index >= 15 is 0 Å². The molecule has 0 aliphatic carbocycles. The van der Waals surface area contributed by atoms with Gasteiger partial charge in [0, 0.05) is 32.1 Å². The number of hydrogen-bond acceptors (Lipinski definition) is 5. The lowest BCUT2D eigenvalue weighted by atomic mass is 10.2. The zero-order valence-electron chi connectivity index (χ0n) is 15.8. The number of hydrogen-bond donors (Lipinski definition) is 1. The molecule has 26 heavy (non-hydrogen) atoms. The molecular weight excluding hydrogens is 354 g/mol. The number of nitrogens with one attached hydrogen (secondary N) is 1. The minimum atomic E-state index is -3.51. The lowest BCUT2D eigenvalue weighted by Crippen LogP contribution is -2.40. The third-order valence-electron chi connectivity index (χ3n) is 4.46. The molecule has 1 saturated heterocycles. The average molecular weight is 384 g/mol. The number of sulfonamides is 1. The standard InChI is InChI=1S/C18H29N3O4S/c1-4-15(2)19-18(22)9-10-21(26(3,23)24)17-8-6-5-7-16(17)20-11-13-25-14-12-20/h5-8,15H,4,9-14H2,1-3H3,(H,19,22). The minimum Gasteiger partial charge on any atom is -0.378 e. The highest BCUT2D eigenvalue weighted by atomic mass is 32.2. The van der Waals surface area contributed by atoms with Crippen molar-refractivity contribution in [2.24, 2.45) is 0 Å². The highest BCUT2D eigenvalue weighted by Gasteiger charge is 2.24. The minimum absolute atomic E-state index is 0.0785. The van der Waals surface area contributed by atoms with Gasteiger partial charge in [-0.15, -0.1) is 0 Å². The first kappa shape index (κ1) is 20.5. The molecule has 1 heterocycles. The molecule has 0 bridgehead atoms. The van der Waals surface area contributed by atoms with Crippen molar-refractivity contribution in [2.45, 2.75) is 32.7 Å². The Morgan fingerprint density at radius 3 is 2.58 bits per heavy atom. The molecule has 0 radical (unpaired) electrons. The van der Waals surface area contributed by atoms with Gasteiger partial charge < -0.3 is 15.0 Å². The smallest absolute Gasteiger partial charge is 0.232 e. The predicted molar refractivity (Wildman–Crippen MR) is 104 cm³/mol. The number of carbonyl (C=O) groups excluding carboxylic acids is 1. The monoisotopic (exact) mass is 383 g/mol.